The lowest BCUT2D eigenvalue weighted by Gasteiger charge is -2.13. The molecule has 2 heterocycles. The van der Waals surface area contributed by atoms with E-state index in [9.17, 15) is 22.4 Å². The maximum Gasteiger partial charge on any atom is 0.262 e. The van der Waals surface area contributed by atoms with Crippen LogP contribution in [0.5, 0.6) is 0 Å². The van der Waals surface area contributed by atoms with Gasteiger partial charge in [-0.15, -0.1) is 0 Å². The molecule has 0 saturated heterocycles. The van der Waals surface area contributed by atoms with Gasteiger partial charge in [0.25, 0.3) is 10.0 Å². The van der Waals surface area contributed by atoms with E-state index < -0.39 is 15.8 Å². The van der Waals surface area contributed by atoms with E-state index in [1.807, 2.05) is 0 Å². The topological polar surface area (TPSA) is 110 Å². The maximum absolute atomic E-state index is 13.9. The Bertz CT molecular complexity index is 1380. The Kier molecular flexibility index (Phi) is 5.33. The number of hydrogen-bond donors (Lipinski definition) is 2. The largest absolute Gasteiger partial charge is 0.310 e. The van der Waals surface area contributed by atoms with E-state index in [2.05, 4.69) is 15.1 Å². The van der Waals surface area contributed by atoms with Crippen LogP contribution in [-0.4, -0.2) is 30.0 Å². The predicted octanol–water partition coefficient (Wildman–Crippen LogP) is 3.79. The molecule has 0 bridgehead atoms. The average Bonchev–Trinajstić information content (AvgIpc) is 2.97. The molecule has 1 aliphatic heterocycles. The Balaban J connectivity index is 1.80. The lowest BCUT2D eigenvalue weighted by Crippen LogP contribution is -2.15. The Morgan fingerprint density at radius 3 is 2.47 bits per heavy atom. The molecule has 166 valence electrons. The van der Waals surface area contributed by atoms with Crippen molar-refractivity contribution in [2.75, 3.05) is 10.0 Å². The third-order valence-corrected chi connectivity index (χ3v) is 6.83. The molecule has 1 aliphatic rings. The number of aryl methyl sites for hydroxylation is 3. The summed E-state index contributed by atoms with van der Waals surface area (Å²) in [6, 6.07) is 8.87. The van der Waals surface area contributed by atoms with Crippen LogP contribution >= 0.6 is 0 Å². The summed E-state index contributed by atoms with van der Waals surface area (Å²) in [6.45, 7) is 4.91. The van der Waals surface area contributed by atoms with Crippen LogP contribution in [0, 0.1) is 26.6 Å². The Hall–Kier alpha value is -3.53. The highest BCUT2D eigenvalue weighted by atomic mass is 32.2. The van der Waals surface area contributed by atoms with Crippen molar-refractivity contribution in [1.82, 2.24) is 9.78 Å². The first-order valence-corrected chi connectivity index (χ1v) is 11.4. The molecular formula is C22H21FN4O4S. The number of sulfonamides is 1. The minimum absolute atomic E-state index is 0.0124. The monoisotopic (exact) mass is 456 g/mol. The summed E-state index contributed by atoms with van der Waals surface area (Å²) >= 11 is 0. The second kappa shape index (κ2) is 7.86. The highest BCUT2D eigenvalue weighted by Crippen LogP contribution is 2.35. The zero-order valence-electron chi connectivity index (χ0n) is 17.7. The van der Waals surface area contributed by atoms with Gasteiger partial charge < -0.3 is 5.32 Å². The molecule has 1 amide bonds. The molecule has 2 aromatic carbocycles. The van der Waals surface area contributed by atoms with Gasteiger partial charge in [0.15, 0.2) is 0 Å². The summed E-state index contributed by atoms with van der Waals surface area (Å²) < 4.78 is 43.6. The lowest BCUT2D eigenvalue weighted by molar-refractivity contribution is -0.116. The number of amides is 1. The number of nitrogens with zero attached hydrogens (tertiary/aromatic N) is 2. The fourth-order valence-corrected chi connectivity index (χ4v) is 4.92. The zero-order valence-corrected chi connectivity index (χ0v) is 18.5. The van der Waals surface area contributed by atoms with Crippen molar-refractivity contribution in [2.24, 2.45) is 0 Å². The first-order chi connectivity index (χ1) is 15.1. The van der Waals surface area contributed by atoms with Gasteiger partial charge in [0.1, 0.15) is 11.6 Å². The summed E-state index contributed by atoms with van der Waals surface area (Å²) in [6.07, 6.45) is 0.0786. The van der Waals surface area contributed by atoms with Crippen molar-refractivity contribution in [1.29, 1.82) is 0 Å². The summed E-state index contributed by atoms with van der Waals surface area (Å²) in [5, 5.41) is 6.95. The SMILES string of the molecule is Cc1ccc(NS(=O)(=O)c2cc(-c3c(C)nn4c3NC(=O)CCC4=O)ccc2C)cc1F. The number of carbonyl (C=O) groups is 2. The van der Waals surface area contributed by atoms with Crippen LogP contribution in [0.3, 0.4) is 0 Å². The lowest BCUT2D eigenvalue weighted by atomic mass is 10.0. The third kappa shape index (κ3) is 3.89. The Morgan fingerprint density at radius 2 is 1.75 bits per heavy atom. The van der Waals surface area contributed by atoms with Crippen LogP contribution < -0.4 is 10.0 Å². The van der Waals surface area contributed by atoms with Crippen molar-refractivity contribution >= 4 is 33.3 Å². The van der Waals surface area contributed by atoms with Crippen LogP contribution in [0.4, 0.5) is 15.9 Å². The molecule has 0 spiro atoms. The van der Waals surface area contributed by atoms with Crippen LogP contribution in [0.2, 0.25) is 0 Å². The van der Waals surface area contributed by atoms with Gasteiger partial charge in [-0.1, -0.05) is 18.2 Å². The maximum atomic E-state index is 13.9. The number of anilines is 2. The Labute approximate surface area is 184 Å². The molecule has 0 saturated carbocycles. The first kappa shape index (κ1) is 21.7. The molecule has 0 aliphatic carbocycles. The van der Waals surface area contributed by atoms with Crippen molar-refractivity contribution in [3.63, 3.8) is 0 Å². The molecule has 1 aromatic heterocycles. The van der Waals surface area contributed by atoms with Gasteiger partial charge in [-0.25, -0.2) is 12.8 Å². The number of carbonyl (C=O) groups excluding carboxylic acids is 2. The normalized spacial score (nSPS) is 14.0. The second-order valence-corrected chi connectivity index (χ2v) is 9.36. The summed E-state index contributed by atoms with van der Waals surface area (Å²) in [4.78, 5) is 24.4. The van der Waals surface area contributed by atoms with Crippen LogP contribution in [0.25, 0.3) is 11.1 Å². The summed E-state index contributed by atoms with van der Waals surface area (Å²) in [5.74, 6) is -0.943. The molecule has 4 rings (SSSR count). The zero-order chi connectivity index (χ0) is 23.2. The molecule has 3 aromatic rings. The van der Waals surface area contributed by atoms with E-state index in [-0.39, 0.29) is 41.1 Å². The van der Waals surface area contributed by atoms with E-state index in [1.54, 1.807) is 32.9 Å². The van der Waals surface area contributed by atoms with Crippen LogP contribution in [-0.2, 0) is 14.8 Å². The average molecular weight is 456 g/mol. The van der Waals surface area contributed by atoms with E-state index in [1.165, 1.54) is 18.2 Å². The van der Waals surface area contributed by atoms with Gasteiger partial charge in [0, 0.05) is 18.4 Å². The number of nitrogens with one attached hydrogen (secondary N) is 2. The molecule has 0 atom stereocenters. The number of benzene rings is 2. The minimum Gasteiger partial charge on any atom is -0.310 e. The molecular weight excluding hydrogens is 435 g/mol. The molecule has 0 fully saturated rings. The van der Waals surface area contributed by atoms with Gasteiger partial charge in [0.05, 0.1) is 16.3 Å². The van der Waals surface area contributed by atoms with Gasteiger partial charge in [0.2, 0.25) is 11.8 Å². The van der Waals surface area contributed by atoms with Crippen molar-refractivity contribution in [2.45, 2.75) is 38.5 Å². The number of aromatic nitrogens is 2. The third-order valence-electron chi connectivity index (χ3n) is 5.31. The number of rotatable bonds is 4. The summed E-state index contributed by atoms with van der Waals surface area (Å²) in [5.41, 5.74) is 2.39. The number of halogens is 1. The fourth-order valence-electron chi connectivity index (χ4n) is 3.60. The molecule has 10 heteroatoms. The molecule has 32 heavy (non-hydrogen) atoms. The highest BCUT2D eigenvalue weighted by molar-refractivity contribution is 7.92. The van der Waals surface area contributed by atoms with Gasteiger partial charge >= 0.3 is 0 Å². The van der Waals surface area contributed by atoms with E-state index in [4.69, 9.17) is 0 Å². The van der Waals surface area contributed by atoms with Gasteiger partial charge in [-0.3, -0.25) is 14.3 Å². The molecule has 8 nitrogen and oxygen atoms in total. The molecule has 0 radical (unpaired) electrons. The predicted molar refractivity (Wildman–Crippen MR) is 118 cm³/mol. The summed E-state index contributed by atoms with van der Waals surface area (Å²) in [7, 11) is -4.05. The number of fused-ring (bicyclic) bond motifs is 1. The first-order valence-electron chi connectivity index (χ1n) is 9.89. The second-order valence-electron chi connectivity index (χ2n) is 7.71. The van der Waals surface area contributed by atoms with E-state index >= 15 is 0 Å². The van der Waals surface area contributed by atoms with Crippen LogP contribution in [0.15, 0.2) is 41.3 Å². The van der Waals surface area contributed by atoms with Crippen LogP contribution in [0.1, 0.15) is 34.5 Å². The molecule has 0 unspecified atom stereocenters. The smallest absolute Gasteiger partial charge is 0.262 e. The fraction of sp³-hybridized carbons (Fsp3) is 0.227. The molecule has 2 N–H and O–H groups in total. The van der Waals surface area contributed by atoms with Crippen molar-refractivity contribution in [3.8, 4) is 11.1 Å². The minimum atomic E-state index is -4.05. The quantitative estimate of drug-likeness (QED) is 0.621. The Morgan fingerprint density at radius 1 is 1.03 bits per heavy atom. The van der Waals surface area contributed by atoms with Gasteiger partial charge in [-0.2, -0.15) is 9.78 Å². The highest BCUT2D eigenvalue weighted by Gasteiger charge is 2.27. The van der Waals surface area contributed by atoms with Gasteiger partial charge in [-0.05, 0) is 55.7 Å². The number of hydrogen-bond acceptors (Lipinski definition) is 5. The standard InChI is InChI=1S/C22H21FN4O4S/c1-12-5-7-16(11-17(12)23)26-32(30,31)18-10-15(6-4-13(18)2)21-14(3)25-27-20(29)9-8-19(28)24-22(21)27/h4-7,10-11,26H,8-9H2,1-3H3,(H,24,28). The van der Waals surface area contributed by atoms with E-state index in [0.29, 0.717) is 27.9 Å². The van der Waals surface area contributed by atoms with E-state index in [0.717, 1.165) is 10.7 Å². The van der Waals surface area contributed by atoms with Crippen molar-refractivity contribution < 1.29 is 22.4 Å². The van der Waals surface area contributed by atoms with Crippen molar-refractivity contribution in [3.05, 3.63) is 59.0 Å².